The molecule has 4 N–H and O–H groups in total. The van der Waals surface area contributed by atoms with Gasteiger partial charge in [0, 0.05) is 12.8 Å². The summed E-state index contributed by atoms with van der Waals surface area (Å²) in [6.45, 7) is 4.80. The van der Waals surface area contributed by atoms with Gasteiger partial charge in [-0.05, 0) is 38.6 Å². The number of hydrogen-bond donors (Lipinski definition) is 2. The Balaban J connectivity index is 4.92. The molecule has 0 radical (unpaired) electrons. The highest BCUT2D eigenvalue weighted by Crippen LogP contribution is 2.16. The van der Waals surface area contributed by atoms with E-state index in [1.54, 1.807) is 0 Å². The van der Waals surface area contributed by atoms with Gasteiger partial charge in [-0.15, -0.1) is 0 Å². The Morgan fingerprint density at radius 3 is 1.57 bits per heavy atom. The molecule has 0 aromatic rings. The minimum Gasteiger partial charge on any atom is -0.368 e. The Kier molecular flexibility index (Phi) is 16.8. The molecule has 0 bridgehead atoms. The van der Waals surface area contributed by atoms with Crippen LogP contribution in [-0.2, 0) is 14.4 Å². The molecule has 1 atom stereocenters. The van der Waals surface area contributed by atoms with Gasteiger partial charge in [-0.1, -0.05) is 65.2 Å². The summed E-state index contributed by atoms with van der Waals surface area (Å²) in [5.74, 6) is -1.12. The van der Waals surface area contributed by atoms with Crippen molar-refractivity contribution in [2.45, 2.75) is 116 Å². The minimum absolute atomic E-state index is 0.258. The van der Waals surface area contributed by atoms with E-state index in [9.17, 15) is 14.4 Å². The van der Waals surface area contributed by atoms with E-state index in [2.05, 4.69) is 13.8 Å². The predicted molar refractivity (Wildman–Crippen MR) is 114 cm³/mol. The van der Waals surface area contributed by atoms with Gasteiger partial charge in [-0.2, -0.15) is 0 Å². The summed E-state index contributed by atoms with van der Waals surface area (Å²) in [6.07, 6.45) is 12.6. The maximum Gasteiger partial charge on any atom is 0.240 e. The van der Waals surface area contributed by atoms with Gasteiger partial charge in [-0.3, -0.25) is 19.3 Å². The number of nitrogens with zero attached hydrogens (tertiary/aromatic N) is 1. The van der Waals surface area contributed by atoms with Crippen molar-refractivity contribution in [3.05, 3.63) is 0 Å². The van der Waals surface area contributed by atoms with Crippen molar-refractivity contribution in [1.82, 2.24) is 4.90 Å². The highest BCUT2D eigenvalue weighted by Gasteiger charge is 2.32. The van der Waals surface area contributed by atoms with E-state index in [4.69, 9.17) is 11.5 Å². The number of hydrogen-bond acceptors (Lipinski definition) is 4. The van der Waals surface area contributed by atoms with Crippen LogP contribution in [0.15, 0.2) is 0 Å². The van der Waals surface area contributed by atoms with Crippen molar-refractivity contribution in [3.8, 4) is 0 Å². The lowest BCUT2D eigenvalue weighted by molar-refractivity contribution is -0.152. The largest absolute Gasteiger partial charge is 0.368 e. The molecule has 0 rings (SSSR count). The van der Waals surface area contributed by atoms with Crippen LogP contribution in [0.3, 0.4) is 0 Å². The van der Waals surface area contributed by atoms with Crippen molar-refractivity contribution in [2.24, 2.45) is 11.5 Å². The fourth-order valence-corrected chi connectivity index (χ4v) is 3.37. The predicted octanol–water partition coefficient (Wildman–Crippen LogP) is 4.05. The summed E-state index contributed by atoms with van der Waals surface area (Å²) >= 11 is 0. The maximum atomic E-state index is 12.8. The normalized spacial score (nSPS) is 12.0. The topological polar surface area (TPSA) is 106 Å². The highest BCUT2D eigenvalue weighted by molar-refractivity contribution is 6.00. The Morgan fingerprint density at radius 2 is 1.18 bits per heavy atom. The molecular formula is C22H43N3O3. The molecule has 0 aliphatic rings. The van der Waals surface area contributed by atoms with Crippen LogP contribution in [0.1, 0.15) is 110 Å². The highest BCUT2D eigenvalue weighted by atomic mass is 16.2. The van der Waals surface area contributed by atoms with E-state index >= 15 is 0 Å². The minimum atomic E-state index is -0.849. The molecule has 3 amide bonds. The first-order valence-corrected chi connectivity index (χ1v) is 11.3. The number of amides is 3. The molecule has 0 spiro atoms. The van der Waals surface area contributed by atoms with E-state index in [0.29, 0.717) is 32.2 Å². The summed E-state index contributed by atoms with van der Waals surface area (Å²) in [5.41, 5.74) is 11.1. The Labute approximate surface area is 171 Å². The average Bonchev–Trinajstić information content (AvgIpc) is 2.66. The van der Waals surface area contributed by atoms with E-state index in [1.807, 2.05) is 0 Å². The van der Waals surface area contributed by atoms with Gasteiger partial charge < -0.3 is 11.5 Å². The molecule has 0 aromatic carbocycles. The average molecular weight is 398 g/mol. The molecule has 0 saturated heterocycles. The van der Waals surface area contributed by atoms with Crippen LogP contribution < -0.4 is 11.5 Å². The van der Waals surface area contributed by atoms with Crippen molar-refractivity contribution in [1.29, 1.82) is 0 Å². The number of carbonyl (C=O) groups excluding carboxylic acids is 3. The monoisotopic (exact) mass is 397 g/mol. The van der Waals surface area contributed by atoms with E-state index in [0.717, 1.165) is 70.6 Å². The first-order valence-electron chi connectivity index (χ1n) is 11.3. The summed E-state index contributed by atoms with van der Waals surface area (Å²) < 4.78 is 0. The van der Waals surface area contributed by atoms with Crippen molar-refractivity contribution >= 4 is 17.7 Å². The van der Waals surface area contributed by atoms with Crippen LogP contribution >= 0.6 is 0 Å². The van der Waals surface area contributed by atoms with Crippen LogP contribution in [0.25, 0.3) is 0 Å². The zero-order valence-electron chi connectivity index (χ0n) is 18.2. The molecule has 0 aliphatic heterocycles. The number of imide groups is 1. The molecule has 0 aromatic heterocycles. The van der Waals surface area contributed by atoms with Crippen LogP contribution in [0, 0.1) is 0 Å². The van der Waals surface area contributed by atoms with Gasteiger partial charge in [0.05, 0.1) is 0 Å². The third-order valence-corrected chi connectivity index (χ3v) is 5.10. The fraction of sp³-hybridized carbons (Fsp3) is 0.864. The zero-order valence-corrected chi connectivity index (χ0v) is 18.2. The lowest BCUT2D eigenvalue weighted by atomic mass is 10.0. The number of rotatable bonds is 18. The number of carbonyl (C=O) groups is 3. The molecule has 6 heteroatoms. The van der Waals surface area contributed by atoms with Crippen molar-refractivity contribution in [3.63, 3.8) is 0 Å². The second-order valence-electron chi connectivity index (χ2n) is 7.69. The van der Waals surface area contributed by atoms with Crippen LogP contribution in [0.2, 0.25) is 0 Å². The molecule has 0 aliphatic carbocycles. The summed E-state index contributed by atoms with van der Waals surface area (Å²) in [6, 6.07) is -0.849. The molecule has 0 saturated carbocycles. The van der Waals surface area contributed by atoms with E-state index < -0.39 is 11.9 Å². The summed E-state index contributed by atoms with van der Waals surface area (Å²) in [5, 5.41) is 0. The molecule has 0 fully saturated rings. The molecule has 28 heavy (non-hydrogen) atoms. The first kappa shape index (κ1) is 26.6. The maximum absolute atomic E-state index is 12.8. The number of primary amides is 1. The zero-order chi connectivity index (χ0) is 21.2. The van der Waals surface area contributed by atoms with Crippen LogP contribution in [0.5, 0.6) is 0 Å². The number of nitrogens with two attached hydrogens (primary N) is 2. The van der Waals surface area contributed by atoms with Gasteiger partial charge in [0.2, 0.25) is 17.7 Å². The molecule has 6 nitrogen and oxygen atoms in total. The van der Waals surface area contributed by atoms with Crippen molar-refractivity contribution in [2.75, 3.05) is 6.54 Å². The third kappa shape index (κ3) is 12.1. The van der Waals surface area contributed by atoms with Gasteiger partial charge in [0.25, 0.3) is 0 Å². The first-order chi connectivity index (χ1) is 13.5. The molecular weight excluding hydrogens is 354 g/mol. The Hall–Kier alpha value is -1.43. The van der Waals surface area contributed by atoms with Gasteiger partial charge in [0.15, 0.2) is 0 Å². The van der Waals surface area contributed by atoms with Gasteiger partial charge in [0.1, 0.15) is 6.04 Å². The van der Waals surface area contributed by atoms with Crippen LogP contribution in [0.4, 0.5) is 0 Å². The summed E-state index contributed by atoms with van der Waals surface area (Å²) in [4.78, 5) is 38.8. The SMILES string of the molecule is CCCCCCCC(=O)N(C(=O)CCCCCCC)[C@@H](CCCCN)C(N)=O. The third-order valence-electron chi connectivity index (χ3n) is 5.10. The Morgan fingerprint density at radius 1 is 0.714 bits per heavy atom. The van der Waals surface area contributed by atoms with Gasteiger partial charge >= 0.3 is 0 Å². The second kappa shape index (κ2) is 17.7. The van der Waals surface area contributed by atoms with Gasteiger partial charge in [-0.25, -0.2) is 0 Å². The van der Waals surface area contributed by atoms with E-state index in [-0.39, 0.29) is 11.8 Å². The standard InChI is InChI=1S/C22H43N3O3/c1-3-5-7-9-11-16-20(26)25(19(22(24)28)15-13-14-18-23)21(27)17-12-10-8-6-4-2/h19H,3-18,23H2,1-2H3,(H2,24,28)/t19-/m0/s1. The fourth-order valence-electron chi connectivity index (χ4n) is 3.37. The Bertz CT molecular complexity index is 415. The van der Waals surface area contributed by atoms with E-state index in [1.165, 1.54) is 4.90 Å². The number of unbranched alkanes of at least 4 members (excludes halogenated alkanes) is 9. The molecule has 0 unspecified atom stereocenters. The van der Waals surface area contributed by atoms with Crippen molar-refractivity contribution < 1.29 is 14.4 Å². The second-order valence-corrected chi connectivity index (χ2v) is 7.69. The molecule has 164 valence electrons. The smallest absolute Gasteiger partial charge is 0.240 e. The quantitative estimate of drug-likeness (QED) is 0.340. The lowest BCUT2D eigenvalue weighted by Gasteiger charge is -2.28. The molecule has 0 heterocycles. The van der Waals surface area contributed by atoms with Crippen LogP contribution in [-0.4, -0.2) is 35.2 Å². The summed E-state index contributed by atoms with van der Waals surface area (Å²) in [7, 11) is 0. The lowest BCUT2D eigenvalue weighted by Crippen LogP contribution is -2.51.